The summed E-state index contributed by atoms with van der Waals surface area (Å²) in [5, 5.41) is 27.8. The summed E-state index contributed by atoms with van der Waals surface area (Å²) in [6.07, 6.45) is -0.849. The molecule has 0 spiro atoms. The lowest BCUT2D eigenvalue weighted by Crippen LogP contribution is -2.23. The van der Waals surface area contributed by atoms with Gasteiger partial charge in [-0.15, -0.1) is 10.2 Å². The van der Waals surface area contributed by atoms with Gasteiger partial charge in [0.15, 0.2) is 10.3 Å². The highest BCUT2D eigenvalue weighted by Gasteiger charge is 2.06. The van der Waals surface area contributed by atoms with Gasteiger partial charge in [0.1, 0.15) is 0 Å². The maximum absolute atomic E-state index is 9.05. The van der Waals surface area contributed by atoms with Gasteiger partial charge >= 0.3 is 0 Å². The van der Waals surface area contributed by atoms with Crippen molar-refractivity contribution < 1.29 is 10.2 Å². The van der Waals surface area contributed by atoms with Crippen LogP contribution >= 0.6 is 23.2 Å². The predicted molar refractivity (Wildman–Crippen MR) is 53.6 cm³/mol. The Morgan fingerprint density at radius 1 is 1.43 bits per heavy atom. The van der Waals surface area contributed by atoms with Gasteiger partial charge in [-0.05, 0) is 0 Å². The second-order valence-corrected chi connectivity index (χ2v) is 3.33. The van der Waals surface area contributed by atoms with Gasteiger partial charge in [-0.1, -0.05) is 23.2 Å². The summed E-state index contributed by atoms with van der Waals surface area (Å²) in [7, 11) is 0. The predicted octanol–water partition coefficient (Wildman–Crippen LogP) is 0.548. The van der Waals surface area contributed by atoms with Crippen molar-refractivity contribution in [3.63, 3.8) is 0 Å². The molecule has 0 radical (unpaired) electrons. The molecule has 0 aliphatic heterocycles. The first-order valence-corrected chi connectivity index (χ1v) is 4.60. The van der Waals surface area contributed by atoms with Crippen molar-refractivity contribution in [1.29, 1.82) is 0 Å². The summed E-state index contributed by atoms with van der Waals surface area (Å²) in [6.45, 7) is -0.158. The van der Waals surface area contributed by atoms with Crippen LogP contribution in [-0.4, -0.2) is 39.7 Å². The lowest BCUT2D eigenvalue weighted by molar-refractivity contribution is 0.105. The Labute approximate surface area is 90.7 Å². The minimum atomic E-state index is -0.849. The second kappa shape index (κ2) is 5.31. The second-order valence-electron chi connectivity index (χ2n) is 2.59. The molecular weight excluding hydrogens is 229 g/mol. The molecule has 1 unspecified atom stereocenters. The normalized spacial score (nSPS) is 12.6. The van der Waals surface area contributed by atoms with E-state index >= 15 is 0 Å². The number of aliphatic hydroxyl groups excluding tert-OH is 2. The highest BCUT2D eigenvalue weighted by Crippen LogP contribution is 2.20. The molecule has 5 nitrogen and oxygen atoms in total. The van der Waals surface area contributed by atoms with E-state index in [0.717, 1.165) is 0 Å². The topological polar surface area (TPSA) is 78.3 Å². The molecule has 7 heteroatoms. The maximum atomic E-state index is 9.05. The number of halogens is 2. The highest BCUT2D eigenvalue weighted by atomic mass is 35.5. The highest BCUT2D eigenvalue weighted by molar-refractivity contribution is 6.33. The standard InChI is InChI=1S/C7H9Cl2N3O2/c8-6-1-5(7(9)12-11-6)10-2-4(14)3-13/h1,4,13-14H,2-3H2,(H,10,11). The Morgan fingerprint density at radius 2 is 2.14 bits per heavy atom. The number of aromatic nitrogens is 2. The lowest BCUT2D eigenvalue weighted by atomic mass is 10.3. The average Bonchev–Trinajstić information content (AvgIpc) is 2.19. The molecular formula is C7H9Cl2N3O2. The lowest BCUT2D eigenvalue weighted by Gasteiger charge is -2.10. The average molecular weight is 238 g/mol. The van der Waals surface area contributed by atoms with Crippen LogP contribution in [0.5, 0.6) is 0 Å². The van der Waals surface area contributed by atoms with Crippen LogP contribution in [0.1, 0.15) is 0 Å². The Kier molecular flexibility index (Phi) is 4.34. The molecule has 1 atom stereocenters. The van der Waals surface area contributed by atoms with E-state index in [-0.39, 0.29) is 23.5 Å². The minimum Gasteiger partial charge on any atom is -0.394 e. The first kappa shape index (κ1) is 11.5. The first-order chi connectivity index (χ1) is 6.63. The molecule has 3 N–H and O–H groups in total. The number of rotatable bonds is 4. The zero-order valence-electron chi connectivity index (χ0n) is 7.11. The summed E-state index contributed by atoms with van der Waals surface area (Å²) < 4.78 is 0. The van der Waals surface area contributed by atoms with E-state index in [4.69, 9.17) is 33.4 Å². The summed E-state index contributed by atoms with van der Waals surface area (Å²) in [5.74, 6) is 0. The van der Waals surface area contributed by atoms with Crippen LogP contribution in [-0.2, 0) is 0 Å². The molecule has 0 saturated carbocycles. The summed E-state index contributed by atoms with van der Waals surface area (Å²) in [4.78, 5) is 0. The molecule has 14 heavy (non-hydrogen) atoms. The number of hydrogen-bond acceptors (Lipinski definition) is 5. The monoisotopic (exact) mass is 237 g/mol. The van der Waals surface area contributed by atoms with Gasteiger partial charge in [0.05, 0.1) is 18.4 Å². The molecule has 78 valence electrons. The molecule has 0 fully saturated rings. The molecule has 1 rings (SSSR count). The fourth-order valence-corrected chi connectivity index (χ4v) is 1.08. The molecule has 1 aromatic rings. The van der Waals surface area contributed by atoms with Crippen LogP contribution in [0.4, 0.5) is 5.69 Å². The van der Waals surface area contributed by atoms with Gasteiger partial charge in [0.25, 0.3) is 0 Å². The zero-order valence-corrected chi connectivity index (χ0v) is 8.63. The van der Waals surface area contributed by atoms with Gasteiger partial charge in [0.2, 0.25) is 0 Å². The van der Waals surface area contributed by atoms with Gasteiger partial charge < -0.3 is 15.5 Å². The van der Waals surface area contributed by atoms with Crippen molar-refractivity contribution in [2.24, 2.45) is 0 Å². The Morgan fingerprint density at radius 3 is 2.79 bits per heavy atom. The van der Waals surface area contributed by atoms with Crippen molar-refractivity contribution in [3.8, 4) is 0 Å². The molecule has 1 heterocycles. The summed E-state index contributed by atoms with van der Waals surface area (Å²) >= 11 is 11.3. The van der Waals surface area contributed by atoms with Crippen LogP contribution in [0, 0.1) is 0 Å². The number of aliphatic hydroxyl groups is 2. The van der Waals surface area contributed by atoms with Crippen LogP contribution in [0.25, 0.3) is 0 Å². The van der Waals surface area contributed by atoms with E-state index in [2.05, 4.69) is 15.5 Å². The molecule has 1 aromatic heterocycles. The van der Waals surface area contributed by atoms with Crippen LogP contribution in [0.2, 0.25) is 10.3 Å². The Bertz CT molecular complexity index is 311. The zero-order chi connectivity index (χ0) is 10.6. The fraction of sp³-hybridized carbons (Fsp3) is 0.429. The van der Waals surface area contributed by atoms with Gasteiger partial charge in [-0.3, -0.25) is 0 Å². The minimum absolute atomic E-state index is 0.165. The molecule has 0 amide bonds. The molecule has 0 aliphatic carbocycles. The first-order valence-electron chi connectivity index (χ1n) is 3.85. The molecule has 0 saturated heterocycles. The third kappa shape index (κ3) is 3.26. The summed E-state index contributed by atoms with van der Waals surface area (Å²) in [5.41, 5.74) is 0.471. The van der Waals surface area contributed by atoms with Gasteiger partial charge in [-0.2, -0.15) is 0 Å². The number of anilines is 1. The smallest absolute Gasteiger partial charge is 0.174 e. The van der Waals surface area contributed by atoms with Crippen molar-refractivity contribution in [2.45, 2.75) is 6.10 Å². The molecule has 0 aliphatic rings. The number of hydrogen-bond donors (Lipinski definition) is 3. The van der Waals surface area contributed by atoms with Crippen molar-refractivity contribution >= 4 is 28.9 Å². The Balaban J connectivity index is 2.62. The van der Waals surface area contributed by atoms with E-state index in [1.807, 2.05) is 0 Å². The number of nitrogens with one attached hydrogen (secondary N) is 1. The third-order valence-corrected chi connectivity index (χ3v) is 1.92. The largest absolute Gasteiger partial charge is 0.394 e. The Hall–Kier alpha value is -0.620. The van der Waals surface area contributed by atoms with E-state index in [1.54, 1.807) is 0 Å². The van der Waals surface area contributed by atoms with Crippen LogP contribution in [0.3, 0.4) is 0 Å². The third-order valence-electron chi connectivity index (χ3n) is 1.46. The van der Waals surface area contributed by atoms with Crippen molar-refractivity contribution in [1.82, 2.24) is 10.2 Å². The maximum Gasteiger partial charge on any atom is 0.174 e. The summed E-state index contributed by atoms with van der Waals surface area (Å²) in [6, 6.07) is 1.49. The quantitative estimate of drug-likeness (QED) is 0.713. The van der Waals surface area contributed by atoms with Gasteiger partial charge in [0, 0.05) is 12.6 Å². The van der Waals surface area contributed by atoms with Gasteiger partial charge in [-0.25, -0.2) is 0 Å². The van der Waals surface area contributed by atoms with E-state index in [0.29, 0.717) is 5.69 Å². The van der Waals surface area contributed by atoms with Crippen molar-refractivity contribution in [2.75, 3.05) is 18.5 Å². The fourth-order valence-electron chi connectivity index (χ4n) is 0.769. The van der Waals surface area contributed by atoms with E-state index in [9.17, 15) is 0 Å². The van der Waals surface area contributed by atoms with Crippen LogP contribution in [0.15, 0.2) is 6.07 Å². The van der Waals surface area contributed by atoms with E-state index < -0.39 is 6.10 Å². The molecule has 0 bridgehead atoms. The SMILES string of the molecule is OCC(O)CNc1cc(Cl)nnc1Cl. The number of nitrogens with zero attached hydrogens (tertiary/aromatic N) is 2. The van der Waals surface area contributed by atoms with Crippen molar-refractivity contribution in [3.05, 3.63) is 16.4 Å². The van der Waals surface area contributed by atoms with E-state index in [1.165, 1.54) is 6.07 Å². The van der Waals surface area contributed by atoms with Crippen LogP contribution < -0.4 is 5.32 Å². The molecule has 0 aromatic carbocycles.